The molecule has 3 rings (SSSR count). The van der Waals surface area contributed by atoms with E-state index in [1.807, 2.05) is 0 Å². The van der Waals surface area contributed by atoms with E-state index in [0.717, 1.165) is 0 Å². The fourth-order valence-corrected chi connectivity index (χ4v) is 3.52. The second-order valence-corrected chi connectivity index (χ2v) is 7.22. The lowest BCUT2D eigenvalue weighted by Crippen LogP contribution is -2.23. The lowest BCUT2D eigenvalue weighted by atomic mass is 10.1. The summed E-state index contributed by atoms with van der Waals surface area (Å²) in [6, 6.07) is 8.97. The monoisotopic (exact) mass is 334 g/mol. The summed E-state index contributed by atoms with van der Waals surface area (Å²) in [5, 5.41) is 2.66. The molecule has 1 amide bonds. The highest BCUT2D eigenvalue weighted by Crippen LogP contribution is 2.25. The quantitative estimate of drug-likeness (QED) is 0.899. The maximum Gasteiger partial charge on any atom is 0.240 e. The van der Waals surface area contributed by atoms with Crippen molar-refractivity contribution in [1.82, 2.24) is 4.72 Å². The van der Waals surface area contributed by atoms with E-state index in [1.165, 1.54) is 24.3 Å². The Kier molecular flexibility index (Phi) is 3.91. The molecule has 7 heteroatoms. The van der Waals surface area contributed by atoms with E-state index in [9.17, 15) is 17.6 Å². The smallest absolute Gasteiger partial charge is 0.240 e. The fraction of sp³-hybridized carbons (Fsp3) is 0.188. The predicted octanol–water partition coefficient (Wildman–Crippen LogP) is 2.11. The summed E-state index contributed by atoms with van der Waals surface area (Å²) in [6.45, 7) is 1.69. The highest BCUT2D eigenvalue weighted by atomic mass is 32.2. The Bertz CT molecular complexity index is 894. The van der Waals surface area contributed by atoms with E-state index >= 15 is 0 Å². The van der Waals surface area contributed by atoms with Gasteiger partial charge in [0.15, 0.2) is 0 Å². The molecule has 0 saturated carbocycles. The van der Waals surface area contributed by atoms with Gasteiger partial charge in [0, 0.05) is 12.2 Å². The number of amides is 1. The molecule has 1 aliphatic rings. The molecule has 0 bridgehead atoms. The van der Waals surface area contributed by atoms with Gasteiger partial charge in [-0.15, -0.1) is 0 Å². The maximum atomic E-state index is 13.2. The van der Waals surface area contributed by atoms with Crippen LogP contribution in [-0.4, -0.2) is 14.3 Å². The van der Waals surface area contributed by atoms with E-state index in [-0.39, 0.29) is 29.6 Å². The molecule has 0 radical (unpaired) electrons. The molecule has 0 atom stereocenters. The number of halogens is 1. The number of hydrogen-bond donors (Lipinski definition) is 2. The van der Waals surface area contributed by atoms with Gasteiger partial charge in [0.05, 0.1) is 11.3 Å². The molecule has 5 nitrogen and oxygen atoms in total. The molecule has 0 fully saturated rings. The van der Waals surface area contributed by atoms with Crippen LogP contribution in [0, 0.1) is 12.7 Å². The average Bonchev–Trinajstić information content (AvgIpc) is 2.87. The van der Waals surface area contributed by atoms with Crippen molar-refractivity contribution < 1.29 is 17.6 Å². The molecule has 2 aromatic carbocycles. The summed E-state index contributed by atoms with van der Waals surface area (Å²) in [5.74, 6) is -0.475. The number of benzene rings is 2. The molecule has 120 valence electrons. The van der Waals surface area contributed by atoms with E-state index in [4.69, 9.17) is 0 Å². The van der Waals surface area contributed by atoms with Crippen molar-refractivity contribution in [2.45, 2.75) is 24.8 Å². The topological polar surface area (TPSA) is 75.3 Å². The van der Waals surface area contributed by atoms with Crippen molar-refractivity contribution >= 4 is 21.6 Å². The SMILES string of the molecule is Cc1cc(CNS(=O)(=O)c2ccc3c(c2)CC(=O)N3)ccc1F. The van der Waals surface area contributed by atoms with Gasteiger partial charge in [-0.05, 0) is 47.9 Å². The summed E-state index contributed by atoms with van der Waals surface area (Å²) >= 11 is 0. The Hall–Kier alpha value is -2.25. The van der Waals surface area contributed by atoms with Crippen LogP contribution in [0.15, 0.2) is 41.3 Å². The van der Waals surface area contributed by atoms with Crippen LogP contribution >= 0.6 is 0 Å². The molecule has 0 aromatic heterocycles. The highest BCUT2D eigenvalue weighted by molar-refractivity contribution is 7.89. The van der Waals surface area contributed by atoms with Gasteiger partial charge in [-0.2, -0.15) is 0 Å². The molecular weight excluding hydrogens is 319 g/mol. The van der Waals surface area contributed by atoms with Crippen LogP contribution in [0.4, 0.5) is 10.1 Å². The molecule has 1 heterocycles. The number of carbonyl (C=O) groups is 1. The lowest BCUT2D eigenvalue weighted by molar-refractivity contribution is -0.115. The first-order valence-electron chi connectivity index (χ1n) is 7.02. The second kappa shape index (κ2) is 5.75. The zero-order valence-corrected chi connectivity index (χ0v) is 13.2. The van der Waals surface area contributed by atoms with Gasteiger partial charge in [0.25, 0.3) is 0 Å². The number of nitrogens with one attached hydrogen (secondary N) is 2. The first-order valence-corrected chi connectivity index (χ1v) is 8.51. The number of sulfonamides is 1. The molecular formula is C16H15FN2O3S. The summed E-state index contributed by atoms with van der Waals surface area (Å²) < 4.78 is 40.4. The van der Waals surface area contributed by atoms with Crippen molar-refractivity contribution in [2.24, 2.45) is 0 Å². The first kappa shape index (κ1) is 15.6. The van der Waals surface area contributed by atoms with Crippen molar-refractivity contribution in [1.29, 1.82) is 0 Å². The summed E-state index contributed by atoms with van der Waals surface area (Å²) in [7, 11) is -3.70. The molecule has 23 heavy (non-hydrogen) atoms. The predicted molar refractivity (Wildman–Crippen MR) is 83.9 cm³/mol. The molecule has 0 aliphatic carbocycles. The maximum absolute atomic E-state index is 13.2. The van der Waals surface area contributed by atoms with Crippen LogP contribution in [0.3, 0.4) is 0 Å². The van der Waals surface area contributed by atoms with E-state index in [0.29, 0.717) is 22.4 Å². The molecule has 2 aromatic rings. The zero-order chi connectivity index (χ0) is 16.6. The Morgan fingerprint density at radius 3 is 2.74 bits per heavy atom. The minimum absolute atomic E-state index is 0.0672. The minimum Gasteiger partial charge on any atom is -0.326 e. The van der Waals surface area contributed by atoms with Crippen LogP contribution < -0.4 is 10.0 Å². The third-order valence-electron chi connectivity index (χ3n) is 3.70. The van der Waals surface area contributed by atoms with Crippen molar-refractivity contribution in [3.63, 3.8) is 0 Å². The Labute approximate surface area is 133 Å². The number of anilines is 1. The normalized spacial score (nSPS) is 13.7. The van der Waals surface area contributed by atoms with Gasteiger partial charge < -0.3 is 5.32 Å². The third-order valence-corrected chi connectivity index (χ3v) is 5.10. The Morgan fingerprint density at radius 1 is 1.22 bits per heavy atom. The summed E-state index contributed by atoms with van der Waals surface area (Å²) in [4.78, 5) is 11.4. The minimum atomic E-state index is -3.70. The van der Waals surface area contributed by atoms with Crippen LogP contribution in [0.25, 0.3) is 0 Å². The Morgan fingerprint density at radius 2 is 2.00 bits per heavy atom. The van der Waals surface area contributed by atoms with Crippen LogP contribution in [-0.2, 0) is 27.8 Å². The van der Waals surface area contributed by atoms with Gasteiger partial charge in [-0.3, -0.25) is 4.79 Å². The molecule has 0 saturated heterocycles. The number of carbonyl (C=O) groups excluding carboxylic acids is 1. The van der Waals surface area contributed by atoms with Crippen LogP contribution in [0.1, 0.15) is 16.7 Å². The fourth-order valence-electron chi connectivity index (χ4n) is 2.45. The molecule has 1 aliphatic heterocycles. The van der Waals surface area contributed by atoms with Crippen LogP contribution in [0.2, 0.25) is 0 Å². The molecule has 0 unspecified atom stereocenters. The van der Waals surface area contributed by atoms with Gasteiger partial charge in [-0.1, -0.05) is 12.1 Å². The molecule has 0 spiro atoms. The van der Waals surface area contributed by atoms with E-state index in [1.54, 1.807) is 19.1 Å². The number of rotatable bonds is 4. The third kappa shape index (κ3) is 3.25. The summed E-state index contributed by atoms with van der Waals surface area (Å²) in [5.41, 5.74) is 2.44. The second-order valence-electron chi connectivity index (χ2n) is 5.45. The zero-order valence-electron chi connectivity index (χ0n) is 12.4. The van der Waals surface area contributed by atoms with Gasteiger partial charge in [0.2, 0.25) is 15.9 Å². The van der Waals surface area contributed by atoms with Crippen LogP contribution in [0.5, 0.6) is 0 Å². The lowest BCUT2D eigenvalue weighted by Gasteiger charge is -2.09. The first-order chi connectivity index (χ1) is 10.8. The van der Waals surface area contributed by atoms with E-state index in [2.05, 4.69) is 10.0 Å². The standard InChI is InChI=1S/C16H15FN2O3S/c1-10-6-11(2-4-14(10)17)9-18-23(21,22)13-3-5-15-12(7-13)8-16(20)19-15/h2-7,18H,8-9H2,1H3,(H,19,20). The molecule has 2 N–H and O–H groups in total. The van der Waals surface area contributed by atoms with Gasteiger partial charge in [0.1, 0.15) is 5.82 Å². The van der Waals surface area contributed by atoms with Crippen molar-refractivity contribution in [3.8, 4) is 0 Å². The number of hydrogen-bond acceptors (Lipinski definition) is 3. The Balaban J connectivity index is 1.78. The number of aryl methyl sites for hydroxylation is 1. The number of fused-ring (bicyclic) bond motifs is 1. The summed E-state index contributed by atoms with van der Waals surface area (Å²) in [6.07, 6.45) is 0.176. The van der Waals surface area contributed by atoms with Gasteiger partial charge >= 0.3 is 0 Å². The average molecular weight is 334 g/mol. The highest BCUT2D eigenvalue weighted by Gasteiger charge is 2.21. The van der Waals surface area contributed by atoms with E-state index < -0.39 is 10.0 Å². The van der Waals surface area contributed by atoms with Gasteiger partial charge in [-0.25, -0.2) is 17.5 Å². The largest absolute Gasteiger partial charge is 0.326 e. The van der Waals surface area contributed by atoms with Crippen molar-refractivity contribution in [3.05, 3.63) is 58.9 Å². The van der Waals surface area contributed by atoms with Crippen molar-refractivity contribution in [2.75, 3.05) is 5.32 Å².